The topological polar surface area (TPSA) is 87.7 Å². The van der Waals surface area contributed by atoms with Crippen molar-refractivity contribution in [2.24, 2.45) is 5.92 Å². The number of piperidine rings is 1. The van der Waals surface area contributed by atoms with Crippen molar-refractivity contribution in [2.75, 3.05) is 20.2 Å². The van der Waals surface area contributed by atoms with Gasteiger partial charge >= 0.3 is 0 Å². The molecule has 1 aromatic rings. The van der Waals surface area contributed by atoms with Crippen LogP contribution in [0.1, 0.15) is 69.9 Å². The van der Waals surface area contributed by atoms with E-state index in [1.54, 1.807) is 7.11 Å². The predicted molar refractivity (Wildman–Crippen MR) is 118 cm³/mol. The number of likely N-dealkylation sites (tertiary alicyclic amines) is 1. The van der Waals surface area contributed by atoms with E-state index >= 15 is 0 Å². The molecule has 7 heteroatoms. The molecule has 7 nitrogen and oxygen atoms in total. The van der Waals surface area contributed by atoms with Gasteiger partial charge in [-0.05, 0) is 43.4 Å². The maximum absolute atomic E-state index is 12.9. The number of ether oxygens (including phenoxy) is 1. The normalized spacial score (nSPS) is 18.8. The first-order chi connectivity index (χ1) is 15.0. The Kier molecular flexibility index (Phi) is 8.32. The first kappa shape index (κ1) is 23.1. The van der Waals surface area contributed by atoms with Crippen LogP contribution < -0.4 is 15.4 Å². The van der Waals surface area contributed by atoms with Gasteiger partial charge in [0.2, 0.25) is 17.7 Å². The highest BCUT2D eigenvalue weighted by atomic mass is 16.5. The van der Waals surface area contributed by atoms with Crippen molar-refractivity contribution in [1.29, 1.82) is 0 Å². The zero-order chi connectivity index (χ0) is 22.2. The number of carbonyl (C=O) groups is 3. The van der Waals surface area contributed by atoms with Crippen molar-refractivity contribution >= 4 is 17.7 Å². The Morgan fingerprint density at radius 3 is 2.26 bits per heavy atom. The van der Waals surface area contributed by atoms with Crippen molar-refractivity contribution in [2.45, 2.75) is 70.4 Å². The molecule has 0 aromatic heterocycles. The monoisotopic (exact) mass is 429 g/mol. The molecular formula is C24H35N3O4. The van der Waals surface area contributed by atoms with Gasteiger partial charge in [-0.2, -0.15) is 0 Å². The summed E-state index contributed by atoms with van der Waals surface area (Å²) in [5.41, 5.74) is 0.874. The number of benzene rings is 1. The number of rotatable bonds is 7. The van der Waals surface area contributed by atoms with Crippen LogP contribution in [-0.4, -0.2) is 48.9 Å². The largest absolute Gasteiger partial charge is 0.497 e. The zero-order valence-corrected chi connectivity index (χ0v) is 18.7. The Bertz CT molecular complexity index is 751. The molecule has 1 aromatic carbocycles. The van der Waals surface area contributed by atoms with Crippen LogP contribution in [0.3, 0.4) is 0 Å². The quantitative estimate of drug-likeness (QED) is 0.698. The second-order valence-electron chi connectivity index (χ2n) is 8.73. The number of nitrogens with one attached hydrogen (secondary N) is 2. The molecule has 2 aliphatic rings. The minimum atomic E-state index is -0.375. The maximum Gasteiger partial charge on any atom is 0.224 e. The third-order valence-electron chi connectivity index (χ3n) is 6.44. The first-order valence-corrected chi connectivity index (χ1v) is 11.5. The molecular weight excluding hydrogens is 394 g/mol. The summed E-state index contributed by atoms with van der Waals surface area (Å²) in [4.78, 5) is 38.9. The van der Waals surface area contributed by atoms with Crippen LogP contribution in [0.5, 0.6) is 5.75 Å². The third kappa shape index (κ3) is 6.71. The van der Waals surface area contributed by atoms with Gasteiger partial charge in [0.25, 0.3) is 0 Å². The summed E-state index contributed by atoms with van der Waals surface area (Å²) >= 11 is 0. The van der Waals surface area contributed by atoms with Crippen LogP contribution in [0.2, 0.25) is 0 Å². The summed E-state index contributed by atoms with van der Waals surface area (Å²) in [6.45, 7) is 2.72. The fraction of sp³-hybridized carbons (Fsp3) is 0.625. The molecule has 1 saturated heterocycles. The van der Waals surface area contributed by atoms with E-state index in [2.05, 4.69) is 10.6 Å². The number of carbonyl (C=O) groups excluding carboxylic acids is 3. The molecule has 1 unspecified atom stereocenters. The molecule has 0 spiro atoms. The van der Waals surface area contributed by atoms with Gasteiger partial charge in [0.1, 0.15) is 5.75 Å². The van der Waals surface area contributed by atoms with Crippen molar-refractivity contribution in [3.05, 3.63) is 29.8 Å². The molecule has 3 rings (SSSR count). The van der Waals surface area contributed by atoms with Gasteiger partial charge in [-0.3, -0.25) is 14.4 Å². The SMILES string of the molecule is COc1ccc(C(CC(=O)N2CCC(NC(=O)C3CCCCC3)CC2)NC(C)=O)cc1. The van der Waals surface area contributed by atoms with Crippen molar-refractivity contribution in [3.8, 4) is 5.75 Å². The molecule has 1 aliphatic carbocycles. The average Bonchev–Trinajstić information content (AvgIpc) is 2.79. The van der Waals surface area contributed by atoms with Gasteiger partial charge in [0.15, 0.2) is 0 Å². The minimum Gasteiger partial charge on any atom is -0.497 e. The van der Waals surface area contributed by atoms with E-state index in [1.165, 1.54) is 13.3 Å². The molecule has 0 radical (unpaired) electrons. The number of hydrogen-bond acceptors (Lipinski definition) is 4. The lowest BCUT2D eigenvalue weighted by Gasteiger charge is -2.34. The van der Waals surface area contributed by atoms with Crippen LogP contribution in [0.15, 0.2) is 24.3 Å². The smallest absolute Gasteiger partial charge is 0.224 e. The number of hydrogen-bond donors (Lipinski definition) is 2. The summed E-state index contributed by atoms with van der Waals surface area (Å²) < 4.78 is 5.19. The van der Waals surface area contributed by atoms with E-state index in [-0.39, 0.29) is 42.1 Å². The molecule has 1 aliphatic heterocycles. The summed E-state index contributed by atoms with van der Waals surface area (Å²) in [6, 6.07) is 7.18. The molecule has 2 fully saturated rings. The first-order valence-electron chi connectivity index (χ1n) is 11.5. The van der Waals surface area contributed by atoms with Crippen LogP contribution in [0.25, 0.3) is 0 Å². The standard InChI is InChI=1S/C24H35N3O4/c1-17(28)25-22(18-8-10-21(31-2)11-9-18)16-23(29)27-14-12-20(13-15-27)26-24(30)19-6-4-3-5-7-19/h8-11,19-20,22H,3-7,12-16H2,1-2H3,(H,25,28)(H,26,30). The number of amides is 3. The summed E-state index contributed by atoms with van der Waals surface area (Å²) in [7, 11) is 1.60. The van der Waals surface area contributed by atoms with E-state index < -0.39 is 0 Å². The number of nitrogens with zero attached hydrogens (tertiary/aromatic N) is 1. The molecule has 1 heterocycles. The fourth-order valence-electron chi connectivity index (χ4n) is 4.59. The Morgan fingerprint density at radius 2 is 1.68 bits per heavy atom. The molecule has 170 valence electrons. The fourth-order valence-corrected chi connectivity index (χ4v) is 4.59. The number of methoxy groups -OCH3 is 1. The van der Waals surface area contributed by atoms with E-state index in [9.17, 15) is 14.4 Å². The van der Waals surface area contributed by atoms with Crippen LogP contribution in [-0.2, 0) is 14.4 Å². The maximum atomic E-state index is 12.9. The molecule has 0 bridgehead atoms. The Balaban J connectivity index is 1.50. The second kappa shape index (κ2) is 11.2. The van der Waals surface area contributed by atoms with Crippen LogP contribution in [0, 0.1) is 5.92 Å². The van der Waals surface area contributed by atoms with Crippen molar-refractivity contribution in [1.82, 2.24) is 15.5 Å². The lowest BCUT2D eigenvalue weighted by atomic mass is 9.88. The molecule has 31 heavy (non-hydrogen) atoms. The van der Waals surface area contributed by atoms with Gasteiger partial charge < -0.3 is 20.3 Å². The molecule has 2 N–H and O–H groups in total. The molecule has 1 atom stereocenters. The summed E-state index contributed by atoms with van der Waals surface area (Å²) in [5, 5.41) is 6.10. The van der Waals surface area contributed by atoms with Crippen molar-refractivity contribution in [3.63, 3.8) is 0 Å². The van der Waals surface area contributed by atoms with Gasteiger partial charge in [-0.15, -0.1) is 0 Å². The van der Waals surface area contributed by atoms with E-state index in [4.69, 9.17) is 4.74 Å². The second-order valence-corrected chi connectivity index (χ2v) is 8.73. The highest BCUT2D eigenvalue weighted by Crippen LogP contribution is 2.25. The minimum absolute atomic E-state index is 0.0200. The summed E-state index contributed by atoms with van der Waals surface area (Å²) in [6.07, 6.45) is 7.29. The average molecular weight is 430 g/mol. The lowest BCUT2D eigenvalue weighted by molar-refractivity contribution is -0.133. The highest BCUT2D eigenvalue weighted by molar-refractivity contribution is 5.80. The molecule has 3 amide bonds. The van der Waals surface area contributed by atoms with Crippen LogP contribution >= 0.6 is 0 Å². The van der Waals surface area contributed by atoms with Crippen molar-refractivity contribution < 1.29 is 19.1 Å². The summed E-state index contributed by atoms with van der Waals surface area (Å²) in [5.74, 6) is 0.935. The van der Waals surface area contributed by atoms with E-state index in [0.717, 1.165) is 49.8 Å². The Morgan fingerprint density at radius 1 is 1.03 bits per heavy atom. The van der Waals surface area contributed by atoms with Gasteiger partial charge in [0, 0.05) is 32.0 Å². The zero-order valence-electron chi connectivity index (χ0n) is 18.7. The van der Waals surface area contributed by atoms with E-state index in [0.29, 0.717) is 13.1 Å². The van der Waals surface area contributed by atoms with Gasteiger partial charge in [-0.25, -0.2) is 0 Å². The predicted octanol–water partition coefficient (Wildman–Crippen LogP) is 2.95. The van der Waals surface area contributed by atoms with Crippen LogP contribution in [0.4, 0.5) is 0 Å². The molecule has 1 saturated carbocycles. The Hall–Kier alpha value is -2.57. The van der Waals surface area contributed by atoms with Gasteiger partial charge in [-0.1, -0.05) is 31.4 Å². The van der Waals surface area contributed by atoms with E-state index in [1.807, 2.05) is 29.2 Å². The third-order valence-corrected chi connectivity index (χ3v) is 6.44. The lowest BCUT2D eigenvalue weighted by Crippen LogP contribution is -2.48. The highest BCUT2D eigenvalue weighted by Gasteiger charge is 2.28. The van der Waals surface area contributed by atoms with Gasteiger partial charge in [0.05, 0.1) is 19.6 Å². The Labute approximate surface area is 184 Å².